The lowest BCUT2D eigenvalue weighted by atomic mass is 9.88. The minimum Gasteiger partial charge on any atom is -0.341 e. The van der Waals surface area contributed by atoms with Crippen molar-refractivity contribution in [1.29, 1.82) is 0 Å². The highest BCUT2D eigenvalue weighted by molar-refractivity contribution is 7.98. The van der Waals surface area contributed by atoms with Crippen molar-refractivity contribution in [3.05, 3.63) is 70.7 Å². The number of piperidine rings is 1. The van der Waals surface area contributed by atoms with Gasteiger partial charge in [0.2, 0.25) is 5.91 Å². The van der Waals surface area contributed by atoms with Crippen LogP contribution in [0.3, 0.4) is 0 Å². The molecule has 1 atom stereocenters. The van der Waals surface area contributed by atoms with Crippen LogP contribution >= 0.6 is 23.4 Å². The Hall–Kier alpha value is -2.31. The zero-order chi connectivity index (χ0) is 22.2. The Morgan fingerprint density at radius 1 is 1.06 bits per heavy atom. The van der Waals surface area contributed by atoms with Crippen LogP contribution in [0.1, 0.15) is 40.0 Å². The summed E-state index contributed by atoms with van der Waals surface area (Å²) in [6.07, 6.45) is 3.78. The van der Waals surface area contributed by atoms with Crippen LogP contribution in [0.2, 0.25) is 5.02 Å². The van der Waals surface area contributed by atoms with Gasteiger partial charge in [-0.2, -0.15) is 11.8 Å². The van der Waals surface area contributed by atoms with Crippen LogP contribution in [-0.4, -0.2) is 53.6 Å². The van der Waals surface area contributed by atoms with Gasteiger partial charge in [0.25, 0.3) is 5.91 Å². The number of thioether (sulfide) groups is 1. The average Bonchev–Trinajstić information content (AvgIpc) is 2.81. The lowest BCUT2D eigenvalue weighted by Crippen LogP contribution is -2.51. The van der Waals surface area contributed by atoms with Gasteiger partial charge in [0.05, 0.1) is 10.6 Å². The number of ketones is 1. The summed E-state index contributed by atoms with van der Waals surface area (Å²) in [7, 11) is 0. The van der Waals surface area contributed by atoms with Gasteiger partial charge >= 0.3 is 0 Å². The zero-order valence-electron chi connectivity index (χ0n) is 17.6. The number of carbonyl (C=O) groups is 3. The highest BCUT2D eigenvalue weighted by Crippen LogP contribution is 2.23. The summed E-state index contributed by atoms with van der Waals surface area (Å²) < 4.78 is 0. The quantitative estimate of drug-likeness (QED) is 0.598. The maximum Gasteiger partial charge on any atom is 0.253 e. The molecule has 0 aromatic heterocycles. The molecule has 0 aliphatic carbocycles. The number of hydrogen-bond donors (Lipinski definition) is 1. The van der Waals surface area contributed by atoms with E-state index in [0.29, 0.717) is 42.9 Å². The summed E-state index contributed by atoms with van der Waals surface area (Å²) in [5.74, 6) is 0.369. The van der Waals surface area contributed by atoms with Crippen LogP contribution in [0.25, 0.3) is 0 Å². The van der Waals surface area contributed by atoms with Gasteiger partial charge < -0.3 is 10.2 Å². The molecular weight excluding hydrogens is 432 g/mol. The van der Waals surface area contributed by atoms with Crippen molar-refractivity contribution in [2.75, 3.05) is 25.1 Å². The van der Waals surface area contributed by atoms with Crippen molar-refractivity contribution in [2.24, 2.45) is 5.92 Å². The Labute approximate surface area is 192 Å². The molecule has 2 aromatic rings. The molecule has 0 bridgehead atoms. The van der Waals surface area contributed by atoms with E-state index in [-0.39, 0.29) is 23.5 Å². The standard InChI is InChI=1S/C24H27ClN2O3S/c1-31-16-13-21(26-23(29)19-9-5-6-10-20(19)25)24(30)27-14-11-18(12-15-27)22(28)17-7-3-2-4-8-17/h2-10,18,21H,11-16H2,1H3,(H,26,29). The molecule has 1 heterocycles. The Balaban J connectivity index is 1.62. The van der Waals surface area contributed by atoms with Crippen LogP contribution < -0.4 is 5.32 Å². The number of amides is 2. The number of likely N-dealkylation sites (tertiary alicyclic amines) is 1. The molecule has 0 saturated carbocycles. The highest BCUT2D eigenvalue weighted by atomic mass is 35.5. The van der Waals surface area contributed by atoms with Gasteiger partial charge in [0.15, 0.2) is 5.78 Å². The van der Waals surface area contributed by atoms with E-state index in [1.54, 1.807) is 40.9 Å². The summed E-state index contributed by atoms with van der Waals surface area (Å²) >= 11 is 7.77. The van der Waals surface area contributed by atoms with Crippen molar-refractivity contribution in [2.45, 2.75) is 25.3 Å². The first-order chi connectivity index (χ1) is 15.0. The summed E-state index contributed by atoms with van der Waals surface area (Å²) in [4.78, 5) is 40.4. The fourth-order valence-corrected chi connectivity index (χ4v) is 4.49. The number of nitrogens with zero attached hydrogens (tertiary/aromatic N) is 1. The first-order valence-electron chi connectivity index (χ1n) is 10.4. The number of hydrogen-bond acceptors (Lipinski definition) is 4. The Bertz CT molecular complexity index is 914. The molecule has 1 fully saturated rings. The minimum atomic E-state index is -0.613. The Morgan fingerprint density at radius 2 is 1.71 bits per heavy atom. The van der Waals surface area contributed by atoms with E-state index in [9.17, 15) is 14.4 Å². The molecule has 1 saturated heterocycles. The number of rotatable bonds is 8. The molecule has 1 unspecified atom stereocenters. The highest BCUT2D eigenvalue weighted by Gasteiger charge is 2.32. The SMILES string of the molecule is CSCCC(NC(=O)c1ccccc1Cl)C(=O)N1CCC(C(=O)c2ccccc2)CC1. The normalized spacial score (nSPS) is 15.4. The molecule has 0 radical (unpaired) electrons. The molecule has 1 N–H and O–H groups in total. The number of Topliss-reactive ketones (excluding diaryl/α,β-unsaturated/α-hetero) is 1. The number of nitrogens with one attached hydrogen (secondary N) is 1. The van der Waals surface area contributed by atoms with Crippen LogP contribution in [0.4, 0.5) is 0 Å². The second kappa shape index (κ2) is 11.3. The monoisotopic (exact) mass is 458 g/mol. The van der Waals surface area contributed by atoms with E-state index >= 15 is 0 Å². The second-order valence-electron chi connectivity index (χ2n) is 7.62. The van der Waals surface area contributed by atoms with Gasteiger partial charge in [-0.05, 0) is 43.4 Å². The molecule has 31 heavy (non-hydrogen) atoms. The zero-order valence-corrected chi connectivity index (χ0v) is 19.1. The van der Waals surface area contributed by atoms with Crippen molar-refractivity contribution in [1.82, 2.24) is 10.2 Å². The Morgan fingerprint density at radius 3 is 2.35 bits per heavy atom. The smallest absolute Gasteiger partial charge is 0.253 e. The van der Waals surface area contributed by atoms with Crippen LogP contribution in [0, 0.1) is 5.92 Å². The largest absolute Gasteiger partial charge is 0.341 e. The number of benzene rings is 2. The van der Waals surface area contributed by atoms with Gasteiger partial charge in [-0.3, -0.25) is 14.4 Å². The molecule has 7 heteroatoms. The van der Waals surface area contributed by atoms with Crippen LogP contribution in [0.15, 0.2) is 54.6 Å². The maximum absolute atomic E-state index is 13.2. The third-order valence-electron chi connectivity index (χ3n) is 5.57. The van der Waals surface area contributed by atoms with Crippen molar-refractivity contribution in [3.8, 4) is 0 Å². The van der Waals surface area contributed by atoms with Crippen molar-refractivity contribution < 1.29 is 14.4 Å². The van der Waals surface area contributed by atoms with Gasteiger partial charge in [0, 0.05) is 24.6 Å². The lowest BCUT2D eigenvalue weighted by Gasteiger charge is -2.34. The summed E-state index contributed by atoms with van der Waals surface area (Å²) in [5.41, 5.74) is 1.08. The third-order valence-corrected chi connectivity index (χ3v) is 6.54. The summed E-state index contributed by atoms with van der Waals surface area (Å²) in [6, 6.07) is 15.5. The van der Waals surface area contributed by atoms with Gasteiger partial charge in [-0.25, -0.2) is 0 Å². The van der Waals surface area contributed by atoms with E-state index in [4.69, 9.17) is 11.6 Å². The topological polar surface area (TPSA) is 66.5 Å². The molecule has 2 aromatic carbocycles. The molecule has 1 aliphatic heterocycles. The van der Waals surface area contributed by atoms with Crippen LogP contribution in [-0.2, 0) is 4.79 Å². The van der Waals surface area contributed by atoms with Crippen molar-refractivity contribution in [3.63, 3.8) is 0 Å². The number of carbonyl (C=O) groups excluding carboxylic acids is 3. The molecule has 1 aliphatic rings. The third kappa shape index (κ3) is 6.11. The first-order valence-corrected chi connectivity index (χ1v) is 12.2. The number of halogens is 1. The fraction of sp³-hybridized carbons (Fsp3) is 0.375. The van der Waals surface area contributed by atoms with E-state index in [1.807, 2.05) is 36.6 Å². The molecule has 2 amide bonds. The average molecular weight is 459 g/mol. The minimum absolute atomic E-state index is 0.0752. The lowest BCUT2D eigenvalue weighted by molar-refractivity contribution is -0.134. The molecule has 3 rings (SSSR count). The Kier molecular flexibility index (Phi) is 8.55. The van der Waals surface area contributed by atoms with Gasteiger partial charge in [-0.1, -0.05) is 54.1 Å². The predicted molar refractivity (Wildman–Crippen MR) is 126 cm³/mol. The van der Waals surface area contributed by atoms with E-state index in [1.165, 1.54) is 0 Å². The molecule has 164 valence electrons. The van der Waals surface area contributed by atoms with Crippen molar-refractivity contribution >= 4 is 41.0 Å². The van der Waals surface area contributed by atoms with Gasteiger partial charge in [0.1, 0.15) is 6.04 Å². The summed E-state index contributed by atoms with van der Waals surface area (Å²) in [5, 5.41) is 3.23. The summed E-state index contributed by atoms with van der Waals surface area (Å²) in [6.45, 7) is 1.03. The van der Waals surface area contributed by atoms with E-state index < -0.39 is 6.04 Å². The van der Waals surface area contributed by atoms with Crippen LogP contribution in [0.5, 0.6) is 0 Å². The predicted octanol–water partition coefficient (Wildman–Crippen LogP) is 4.31. The van der Waals surface area contributed by atoms with E-state index in [2.05, 4.69) is 5.32 Å². The molecule has 0 spiro atoms. The molecule has 5 nitrogen and oxygen atoms in total. The van der Waals surface area contributed by atoms with Gasteiger partial charge in [-0.15, -0.1) is 0 Å². The molecular formula is C24H27ClN2O3S. The second-order valence-corrected chi connectivity index (χ2v) is 9.01. The fourth-order valence-electron chi connectivity index (χ4n) is 3.80. The van der Waals surface area contributed by atoms with E-state index in [0.717, 1.165) is 11.3 Å². The maximum atomic E-state index is 13.2. The first kappa shape index (κ1) is 23.4.